The molecular formula is C12H19F2N3O. The molecule has 102 valence electrons. The summed E-state index contributed by atoms with van der Waals surface area (Å²) in [5.41, 5.74) is 0. The zero-order chi connectivity index (χ0) is 13.0. The number of alkyl halides is 2. The predicted molar refractivity (Wildman–Crippen MR) is 63.1 cm³/mol. The van der Waals surface area contributed by atoms with Crippen LogP contribution in [0.2, 0.25) is 0 Å². The summed E-state index contributed by atoms with van der Waals surface area (Å²) in [6.45, 7) is -1.23. The summed E-state index contributed by atoms with van der Waals surface area (Å²) in [5, 5.41) is 12.4. The highest BCUT2D eigenvalue weighted by atomic mass is 19.3. The fourth-order valence-corrected chi connectivity index (χ4v) is 2.65. The van der Waals surface area contributed by atoms with E-state index in [2.05, 4.69) is 10.3 Å². The van der Waals surface area contributed by atoms with Crippen LogP contribution in [-0.2, 0) is 6.54 Å². The van der Waals surface area contributed by atoms with Crippen molar-refractivity contribution in [3.8, 4) is 0 Å². The van der Waals surface area contributed by atoms with Crippen molar-refractivity contribution in [3.05, 3.63) is 18.2 Å². The molecule has 1 aliphatic rings. The minimum Gasteiger partial charge on any atom is -0.396 e. The Kier molecular flexibility index (Phi) is 4.66. The second kappa shape index (κ2) is 6.24. The number of nitrogens with zero attached hydrogens (tertiary/aromatic N) is 2. The third kappa shape index (κ3) is 3.05. The lowest BCUT2D eigenvalue weighted by molar-refractivity contribution is 0.0665. The van der Waals surface area contributed by atoms with E-state index in [1.54, 1.807) is 0 Å². The molecule has 0 spiro atoms. The molecule has 0 amide bonds. The van der Waals surface area contributed by atoms with Gasteiger partial charge in [-0.05, 0) is 31.2 Å². The molecule has 4 nitrogen and oxygen atoms in total. The van der Waals surface area contributed by atoms with E-state index in [0.29, 0.717) is 24.2 Å². The number of hydrogen-bond acceptors (Lipinski definition) is 3. The summed E-state index contributed by atoms with van der Waals surface area (Å²) >= 11 is 0. The highest BCUT2D eigenvalue weighted by Gasteiger charge is 2.26. The average molecular weight is 259 g/mol. The Labute approximate surface area is 105 Å². The van der Waals surface area contributed by atoms with Crippen molar-refractivity contribution in [3.63, 3.8) is 0 Å². The van der Waals surface area contributed by atoms with E-state index in [0.717, 1.165) is 30.4 Å². The van der Waals surface area contributed by atoms with Gasteiger partial charge >= 0.3 is 6.55 Å². The van der Waals surface area contributed by atoms with Gasteiger partial charge in [-0.1, -0.05) is 6.42 Å². The Bertz CT molecular complexity index is 370. The van der Waals surface area contributed by atoms with E-state index in [9.17, 15) is 13.9 Å². The van der Waals surface area contributed by atoms with Crippen LogP contribution in [0.25, 0.3) is 0 Å². The molecule has 2 unspecified atom stereocenters. The first-order valence-electron chi connectivity index (χ1n) is 6.33. The van der Waals surface area contributed by atoms with Crippen LogP contribution in [0, 0.1) is 11.8 Å². The minimum absolute atomic E-state index is 0.220. The number of nitrogens with one attached hydrogen (secondary N) is 1. The predicted octanol–water partition coefficient (Wildman–Crippen LogP) is 1.78. The van der Waals surface area contributed by atoms with Crippen LogP contribution in [-0.4, -0.2) is 27.8 Å². The summed E-state index contributed by atoms with van der Waals surface area (Å²) in [5.74, 6) is 1.15. The smallest absolute Gasteiger partial charge is 0.319 e. The first kappa shape index (κ1) is 13.4. The first-order valence-corrected chi connectivity index (χ1v) is 6.33. The van der Waals surface area contributed by atoms with Gasteiger partial charge in [-0.15, -0.1) is 0 Å². The molecule has 18 heavy (non-hydrogen) atoms. The second-order valence-corrected chi connectivity index (χ2v) is 4.79. The molecule has 0 aromatic carbocycles. The van der Waals surface area contributed by atoms with Crippen molar-refractivity contribution in [2.24, 2.45) is 11.8 Å². The summed E-state index contributed by atoms with van der Waals surface area (Å²) in [6, 6.07) is 0. The van der Waals surface area contributed by atoms with E-state index in [1.807, 2.05) is 0 Å². The molecule has 2 rings (SSSR count). The first-order chi connectivity index (χ1) is 8.72. The van der Waals surface area contributed by atoms with E-state index in [-0.39, 0.29) is 6.61 Å². The topological polar surface area (TPSA) is 50.1 Å². The molecule has 2 N–H and O–H groups in total. The molecule has 1 aliphatic carbocycles. The third-order valence-corrected chi connectivity index (χ3v) is 3.70. The molecule has 0 radical (unpaired) electrons. The van der Waals surface area contributed by atoms with Gasteiger partial charge in [0.2, 0.25) is 0 Å². The van der Waals surface area contributed by atoms with E-state index in [4.69, 9.17) is 0 Å². The molecular weight excluding hydrogens is 240 g/mol. The van der Waals surface area contributed by atoms with Gasteiger partial charge in [-0.2, -0.15) is 8.78 Å². The van der Waals surface area contributed by atoms with Crippen molar-refractivity contribution in [2.75, 3.05) is 13.2 Å². The van der Waals surface area contributed by atoms with Gasteiger partial charge in [0.15, 0.2) is 0 Å². The zero-order valence-electron chi connectivity index (χ0n) is 10.2. The summed E-state index contributed by atoms with van der Waals surface area (Å²) in [7, 11) is 0. The van der Waals surface area contributed by atoms with Crippen LogP contribution < -0.4 is 5.32 Å². The van der Waals surface area contributed by atoms with Crippen molar-refractivity contribution < 1.29 is 13.9 Å². The van der Waals surface area contributed by atoms with Crippen molar-refractivity contribution in [1.82, 2.24) is 14.9 Å². The van der Waals surface area contributed by atoms with Gasteiger partial charge in [0.05, 0.1) is 6.54 Å². The average Bonchev–Trinajstić information content (AvgIpc) is 2.97. The lowest BCUT2D eigenvalue weighted by Crippen LogP contribution is -2.27. The lowest BCUT2D eigenvalue weighted by atomic mass is 9.97. The van der Waals surface area contributed by atoms with Crippen LogP contribution in [0.1, 0.15) is 31.6 Å². The number of aliphatic hydroxyl groups is 1. The fraction of sp³-hybridized carbons (Fsp3) is 0.750. The fourth-order valence-electron chi connectivity index (χ4n) is 2.65. The Morgan fingerprint density at radius 2 is 2.22 bits per heavy atom. The van der Waals surface area contributed by atoms with Crippen molar-refractivity contribution in [2.45, 2.75) is 32.4 Å². The van der Waals surface area contributed by atoms with Gasteiger partial charge in [0.25, 0.3) is 0 Å². The number of rotatable bonds is 6. The highest BCUT2D eigenvalue weighted by Crippen LogP contribution is 2.30. The molecule has 0 bridgehead atoms. The number of aliphatic hydroxyl groups excluding tert-OH is 1. The molecule has 6 heteroatoms. The molecule has 2 atom stereocenters. The Balaban J connectivity index is 1.79. The van der Waals surface area contributed by atoms with Gasteiger partial charge in [-0.3, -0.25) is 4.57 Å². The van der Waals surface area contributed by atoms with Crippen LogP contribution >= 0.6 is 0 Å². The standard InChI is InChI=1S/C12H19F2N3O/c13-12(14)17-5-4-16-11(17)7-15-6-9-2-1-3-10(9)8-18/h4-5,9-10,12,15,18H,1-3,6-8H2. The number of halogens is 2. The van der Waals surface area contributed by atoms with E-state index in [1.165, 1.54) is 12.4 Å². The molecule has 0 aliphatic heterocycles. The summed E-state index contributed by atoms with van der Waals surface area (Å²) in [6.07, 6.45) is 5.97. The lowest BCUT2D eigenvalue weighted by Gasteiger charge is -2.17. The molecule has 1 saturated carbocycles. The zero-order valence-corrected chi connectivity index (χ0v) is 10.2. The van der Waals surface area contributed by atoms with E-state index < -0.39 is 6.55 Å². The number of imidazole rings is 1. The number of aromatic nitrogens is 2. The molecule has 1 heterocycles. The molecule has 1 fully saturated rings. The maximum absolute atomic E-state index is 12.6. The van der Waals surface area contributed by atoms with Gasteiger partial charge in [0.1, 0.15) is 5.82 Å². The SMILES string of the molecule is OCC1CCCC1CNCc1nccn1C(F)F. The Morgan fingerprint density at radius 3 is 2.94 bits per heavy atom. The molecule has 1 aromatic heterocycles. The largest absolute Gasteiger partial charge is 0.396 e. The number of hydrogen-bond donors (Lipinski definition) is 2. The van der Waals surface area contributed by atoms with Gasteiger partial charge < -0.3 is 10.4 Å². The maximum atomic E-state index is 12.6. The quantitative estimate of drug-likeness (QED) is 0.818. The van der Waals surface area contributed by atoms with Crippen LogP contribution in [0.5, 0.6) is 0 Å². The van der Waals surface area contributed by atoms with Crippen LogP contribution in [0.4, 0.5) is 8.78 Å². The van der Waals surface area contributed by atoms with Crippen molar-refractivity contribution in [1.29, 1.82) is 0 Å². The third-order valence-electron chi connectivity index (χ3n) is 3.70. The molecule has 1 aromatic rings. The second-order valence-electron chi connectivity index (χ2n) is 4.79. The van der Waals surface area contributed by atoms with Gasteiger partial charge in [0, 0.05) is 19.0 Å². The normalized spacial score (nSPS) is 24.0. The van der Waals surface area contributed by atoms with Crippen LogP contribution in [0.3, 0.4) is 0 Å². The molecule has 0 saturated heterocycles. The maximum Gasteiger partial charge on any atom is 0.319 e. The monoisotopic (exact) mass is 259 g/mol. The van der Waals surface area contributed by atoms with Crippen LogP contribution in [0.15, 0.2) is 12.4 Å². The van der Waals surface area contributed by atoms with Gasteiger partial charge in [-0.25, -0.2) is 4.98 Å². The highest BCUT2D eigenvalue weighted by molar-refractivity contribution is 4.92. The Morgan fingerprint density at radius 1 is 1.44 bits per heavy atom. The van der Waals surface area contributed by atoms with Crippen molar-refractivity contribution >= 4 is 0 Å². The minimum atomic E-state index is -2.54. The Hall–Kier alpha value is -1.01. The van der Waals surface area contributed by atoms with E-state index >= 15 is 0 Å². The summed E-state index contributed by atoms with van der Waals surface area (Å²) in [4.78, 5) is 3.91. The summed E-state index contributed by atoms with van der Waals surface area (Å²) < 4.78 is 26.0.